The fraction of sp³-hybridized carbons (Fsp3) is 0. The number of hydrogen-bond donors (Lipinski definition) is 0. The first-order valence-corrected chi connectivity index (χ1v) is 2.97. The van der Waals surface area contributed by atoms with Crippen molar-refractivity contribution in [3.63, 3.8) is 0 Å². The van der Waals surface area contributed by atoms with Gasteiger partial charge < -0.3 is 0 Å². The van der Waals surface area contributed by atoms with E-state index in [2.05, 4.69) is 16.0 Å². The minimum atomic E-state index is 0. The maximum atomic E-state index is 2.90. The third-order valence-corrected chi connectivity index (χ3v) is 1.31. The molecule has 1 rings (SSSR count). The predicted octanol–water partition coefficient (Wildman–Crippen LogP) is 0.478. The van der Waals surface area contributed by atoms with Gasteiger partial charge in [-0.05, 0) is 0 Å². The van der Waals surface area contributed by atoms with Crippen LogP contribution in [-0.4, -0.2) is 16.0 Å². The van der Waals surface area contributed by atoms with Crippen molar-refractivity contribution in [3.8, 4) is 0 Å². The molecule has 1 aromatic rings. The van der Waals surface area contributed by atoms with E-state index in [9.17, 15) is 0 Å². The Morgan fingerprint density at radius 1 is 1.00 bits per heavy atom. The van der Waals surface area contributed by atoms with Crippen molar-refractivity contribution in [3.05, 3.63) is 30.3 Å². The van der Waals surface area contributed by atoms with Crippen molar-refractivity contribution >= 4 is 20.5 Å². The molecule has 2 heteroatoms. The Morgan fingerprint density at radius 3 is 1.75 bits per heavy atom. The molecule has 0 aliphatic heterocycles. The van der Waals surface area contributed by atoms with Crippen LogP contribution >= 0.6 is 0 Å². The third-order valence-electron chi connectivity index (χ3n) is 0.743. The van der Waals surface area contributed by atoms with Gasteiger partial charge in [-0.25, -0.2) is 0 Å². The van der Waals surface area contributed by atoms with Crippen LogP contribution in [0.3, 0.4) is 0 Å². The average molecular weight is 264 g/mol. The molecule has 1 aromatic carbocycles. The second-order valence-corrected chi connectivity index (χ2v) is 2.30. The van der Waals surface area contributed by atoms with Gasteiger partial charge in [-0.3, -0.25) is 0 Å². The Morgan fingerprint density at radius 2 is 1.50 bits per heavy atom. The fourth-order valence-corrected chi connectivity index (χ4v) is 0.750. The molecule has 2 radical (unpaired) electrons. The van der Waals surface area contributed by atoms with Crippen LogP contribution in [0.1, 0.15) is 0 Å². The van der Waals surface area contributed by atoms with E-state index in [4.69, 9.17) is 0 Å². The molecular weight excluding hydrogens is 259 g/mol. The first-order chi connectivity index (χ1) is 3.39. The maximum absolute atomic E-state index is 2.90. The van der Waals surface area contributed by atoms with Crippen molar-refractivity contribution in [2.24, 2.45) is 0 Å². The van der Waals surface area contributed by atoms with E-state index in [0.29, 0.717) is 0 Å². The Bertz CT molecular complexity index is 138. The molecule has 0 bridgehead atoms. The van der Waals surface area contributed by atoms with Crippen LogP contribution < -0.4 is 4.46 Å². The van der Waals surface area contributed by atoms with Gasteiger partial charge in [-0.1, -0.05) is 0 Å². The zero-order chi connectivity index (χ0) is 5.11. The van der Waals surface area contributed by atoms with E-state index in [1.807, 2.05) is 30.3 Å². The van der Waals surface area contributed by atoms with Gasteiger partial charge in [0, 0.05) is 22.4 Å². The summed E-state index contributed by atoms with van der Waals surface area (Å²) in [5, 5.41) is 0. The predicted molar refractivity (Wildman–Crippen MR) is 31.8 cm³/mol. The molecule has 0 nitrogen and oxygen atoms in total. The molecule has 0 atom stereocenters. The number of hydrogen-bond acceptors (Lipinski definition) is 0. The molecule has 0 aromatic heterocycles. The minimum absolute atomic E-state index is 0. The average Bonchev–Trinajstić information content (AvgIpc) is 1.69. The standard InChI is InChI=1S/C6H5Se.Ag/c7-6-4-2-1-3-5-6;/h1-5H;. The Kier molecular flexibility index (Phi) is 4.63. The van der Waals surface area contributed by atoms with Crippen molar-refractivity contribution in [2.75, 3.05) is 0 Å². The van der Waals surface area contributed by atoms with Gasteiger partial charge in [0.25, 0.3) is 0 Å². The molecule has 0 N–H and O–H groups in total. The van der Waals surface area contributed by atoms with Gasteiger partial charge in [0.05, 0.1) is 0 Å². The fourth-order valence-electron chi connectivity index (χ4n) is 0.420. The molecule has 0 amide bonds. The molecule has 0 spiro atoms. The molecule has 0 unspecified atom stereocenters. The Balaban J connectivity index is 0.000000490. The van der Waals surface area contributed by atoms with Gasteiger partial charge in [-0.15, -0.1) is 0 Å². The zero-order valence-electron chi connectivity index (χ0n) is 4.10. The summed E-state index contributed by atoms with van der Waals surface area (Å²) in [6, 6.07) is 10.1. The van der Waals surface area contributed by atoms with Crippen LogP contribution in [0, 0.1) is 0 Å². The van der Waals surface area contributed by atoms with E-state index in [1.54, 1.807) is 0 Å². The van der Waals surface area contributed by atoms with E-state index >= 15 is 0 Å². The van der Waals surface area contributed by atoms with Crippen LogP contribution in [0.15, 0.2) is 30.3 Å². The summed E-state index contributed by atoms with van der Waals surface area (Å²) in [4.78, 5) is 0. The number of rotatable bonds is 0. The van der Waals surface area contributed by atoms with Crippen LogP contribution in [-0.2, 0) is 22.4 Å². The first-order valence-electron chi connectivity index (χ1n) is 2.11. The van der Waals surface area contributed by atoms with Gasteiger partial charge in [-0.2, -0.15) is 0 Å². The molecule has 8 heavy (non-hydrogen) atoms. The van der Waals surface area contributed by atoms with E-state index in [1.165, 1.54) is 4.46 Å². The molecule has 0 fully saturated rings. The Hall–Kier alpha value is 0.480. The second kappa shape index (κ2) is 4.37. The monoisotopic (exact) mass is 264 g/mol. The summed E-state index contributed by atoms with van der Waals surface area (Å²) < 4.78 is 1.20. The summed E-state index contributed by atoms with van der Waals surface area (Å²) in [6.45, 7) is 0. The zero-order valence-corrected chi connectivity index (χ0v) is 7.29. The quantitative estimate of drug-likeness (QED) is 0.598. The summed E-state index contributed by atoms with van der Waals surface area (Å²) in [6.07, 6.45) is 0. The summed E-state index contributed by atoms with van der Waals surface area (Å²) in [7, 11) is 0. The van der Waals surface area contributed by atoms with Crippen LogP contribution in [0.25, 0.3) is 0 Å². The van der Waals surface area contributed by atoms with E-state index < -0.39 is 0 Å². The van der Waals surface area contributed by atoms with Gasteiger partial charge >= 0.3 is 50.8 Å². The normalized spacial score (nSPS) is 7.50. The molecule has 0 saturated heterocycles. The van der Waals surface area contributed by atoms with Crippen molar-refractivity contribution in [1.29, 1.82) is 0 Å². The molecular formula is C6H5AgSe. The van der Waals surface area contributed by atoms with Crippen molar-refractivity contribution < 1.29 is 22.4 Å². The number of benzene rings is 1. The summed E-state index contributed by atoms with van der Waals surface area (Å²) >= 11 is 2.90. The summed E-state index contributed by atoms with van der Waals surface area (Å²) in [5.74, 6) is 0. The van der Waals surface area contributed by atoms with Crippen LogP contribution in [0.2, 0.25) is 0 Å². The Labute approximate surface area is 73.0 Å². The van der Waals surface area contributed by atoms with Crippen LogP contribution in [0.5, 0.6) is 0 Å². The molecule has 46 valence electrons. The van der Waals surface area contributed by atoms with Gasteiger partial charge in [0.1, 0.15) is 0 Å². The molecule has 0 aliphatic carbocycles. The van der Waals surface area contributed by atoms with Gasteiger partial charge in [0.15, 0.2) is 0 Å². The molecule has 0 aliphatic rings. The topological polar surface area (TPSA) is 0 Å². The van der Waals surface area contributed by atoms with Gasteiger partial charge in [0.2, 0.25) is 0 Å². The first kappa shape index (κ1) is 8.48. The molecule has 0 heterocycles. The summed E-state index contributed by atoms with van der Waals surface area (Å²) in [5.41, 5.74) is 0. The van der Waals surface area contributed by atoms with Crippen molar-refractivity contribution in [2.45, 2.75) is 0 Å². The van der Waals surface area contributed by atoms with Crippen LogP contribution in [0.4, 0.5) is 0 Å². The molecule has 0 saturated carbocycles. The van der Waals surface area contributed by atoms with E-state index in [-0.39, 0.29) is 22.4 Å². The second-order valence-electron chi connectivity index (χ2n) is 1.31. The SMILES string of the molecule is [Ag].[Se]c1ccccc1. The van der Waals surface area contributed by atoms with Crippen molar-refractivity contribution in [1.82, 2.24) is 0 Å². The van der Waals surface area contributed by atoms with E-state index in [0.717, 1.165) is 0 Å². The third kappa shape index (κ3) is 2.71.